The molecule has 0 bridgehead atoms. The van der Waals surface area contributed by atoms with E-state index in [0.717, 1.165) is 16.7 Å². The van der Waals surface area contributed by atoms with E-state index in [-0.39, 0.29) is 5.97 Å². The molecule has 96 valence electrons. The van der Waals surface area contributed by atoms with E-state index in [1.165, 1.54) is 6.92 Å². The van der Waals surface area contributed by atoms with Crippen LogP contribution < -0.4 is 0 Å². The van der Waals surface area contributed by atoms with Crippen LogP contribution in [0.4, 0.5) is 0 Å². The molecule has 3 heteroatoms. The number of carbonyl (C=O) groups is 1. The van der Waals surface area contributed by atoms with Crippen molar-refractivity contribution in [3.63, 3.8) is 0 Å². The van der Waals surface area contributed by atoms with Gasteiger partial charge in [0.25, 0.3) is 0 Å². The molecule has 2 aromatic rings. The molecule has 0 aliphatic carbocycles. The van der Waals surface area contributed by atoms with Crippen molar-refractivity contribution in [3.8, 4) is 11.1 Å². The summed E-state index contributed by atoms with van der Waals surface area (Å²) in [6.07, 6.45) is 0. The standard InChI is InChI=1S/C16H13IO2/c1-12(18)19-16(11-17)15-10-6-5-9-14(15)13-7-3-2-4-8-13/h2-11H,1H3/b16-11+. The predicted octanol–water partition coefficient (Wildman–Crippen LogP) is 4.65. The molecule has 2 nitrogen and oxygen atoms in total. The van der Waals surface area contributed by atoms with Crippen LogP contribution in [0.2, 0.25) is 0 Å². The number of carbonyl (C=O) groups excluding carboxylic acids is 1. The highest BCUT2D eigenvalue weighted by molar-refractivity contribution is 14.1. The van der Waals surface area contributed by atoms with E-state index in [2.05, 4.69) is 22.6 Å². The molecule has 0 saturated heterocycles. The molecule has 0 spiro atoms. The van der Waals surface area contributed by atoms with Crippen LogP contribution >= 0.6 is 22.6 Å². The first-order valence-corrected chi connectivity index (χ1v) is 7.10. The molecule has 0 radical (unpaired) electrons. The minimum atomic E-state index is -0.314. The Hall–Kier alpha value is -1.62. The number of halogens is 1. The lowest BCUT2D eigenvalue weighted by molar-refractivity contribution is -0.134. The zero-order chi connectivity index (χ0) is 13.7. The number of esters is 1. The van der Waals surface area contributed by atoms with E-state index in [4.69, 9.17) is 4.74 Å². The lowest BCUT2D eigenvalue weighted by Crippen LogP contribution is -1.99. The van der Waals surface area contributed by atoms with Crippen molar-refractivity contribution in [2.45, 2.75) is 6.92 Å². The lowest BCUT2D eigenvalue weighted by Gasteiger charge is -2.12. The van der Waals surface area contributed by atoms with Crippen LogP contribution in [0, 0.1) is 0 Å². The third-order valence-electron chi connectivity index (χ3n) is 2.63. The monoisotopic (exact) mass is 364 g/mol. The first-order chi connectivity index (χ1) is 9.22. The number of hydrogen-bond donors (Lipinski definition) is 0. The van der Waals surface area contributed by atoms with Gasteiger partial charge in [-0.1, -0.05) is 54.6 Å². The summed E-state index contributed by atoms with van der Waals surface area (Å²) in [7, 11) is 0. The zero-order valence-corrected chi connectivity index (χ0v) is 12.6. The van der Waals surface area contributed by atoms with Gasteiger partial charge in [-0.15, -0.1) is 0 Å². The van der Waals surface area contributed by atoms with Crippen molar-refractivity contribution in [1.29, 1.82) is 0 Å². The molecule has 0 saturated carbocycles. The average molecular weight is 364 g/mol. The summed E-state index contributed by atoms with van der Waals surface area (Å²) in [5, 5.41) is 0. The minimum Gasteiger partial charge on any atom is -0.426 e. The van der Waals surface area contributed by atoms with Crippen LogP contribution in [0.1, 0.15) is 12.5 Å². The second kappa shape index (κ2) is 6.52. The zero-order valence-electron chi connectivity index (χ0n) is 10.5. The normalized spacial score (nSPS) is 11.2. The highest BCUT2D eigenvalue weighted by atomic mass is 127. The van der Waals surface area contributed by atoms with Crippen molar-refractivity contribution in [2.75, 3.05) is 0 Å². The SMILES string of the molecule is CC(=O)O/C(=C/I)c1ccccc1-c1ccccc1. The third kappa shape index (κ3) is 3.44. The van der Waals surface area contributed by atoms with Gasteiger partial charge in [0.15, 0.2) is 0 Å². The van der Waals surface area contributed by atoms with Gasteiger partial charge < -0.3 is 4.74 Å². The fraction of sp³-hybridized carbons (Fsp3) is 0.0625. The van der Waals surface area contributed by atoms with Crippen molar-refractivity contribution in [3.05, 3.63) is 64.2 Å². The molecule has 2 aromatic carbocycles. The van der Waals surface area contributed by atoms with Gasteiger partial charge in [-0.2, -0.15) is 0 Å². The van der Waals surface area contributed by atoms with Crippen LogP contribution in [0.15, 0.2) is 58.7 Å². The van der Waals surface area contributed by atoms with E-state index in [0.29, 0.717) is 5.76 Å². The predicted molar refractivity (Wildman–Crippen MR) is 85.6 cm³/mol. The summed E-state index contributed by atoms with van der Waals surface area (Å²) >= 11 is 2.08. The Morgan fingerprint density at radius 2 is 1.68 bits per heavy atom. The summed E-state index contributed by atoms with van der Waals surface area (Å²) < 4.78 is 7.04. The molecule has 0 atom stereocenters. The van der Waals surface area contributed by atoms with Gasteiger partial charge in [0.05, 0.1) is 0 Å². The molecular formula is C16H13IO2. The summed E-state index contributed by atoms with van der Waals surface area (Å²) in [4.78, 5) is 11.2. The molecule has 0 amide bonds. The quantitative estimate of drug-likeness (QED) is 0.450. The summed E-state index contributed by atoms with van der Waals surface area (Å²) in [5.41, 5.74) is 3.06. The molecule has 0 heterocycles. The maximum absolute atomic E-state index is 11.2. The molecular weight excluding hydrogens is 351 g/mol. The second-order valence-electron chi connectivity index (χ2n) is 3.98. The Morgan fingerprint density at radius 3 is 2.32 bits per heavy atom. The fourth-order valence-corrected chi connectivity index (χ4v) is 2.32. The number of rotatable bonds is 3. The first-order valence-electron chi connectivity index (χ1n) is 5.86. The molecule has 0 aliphatic rings. The van der Waals surface area contributed by atoms with Gasteiger partial charge in [-0.05, 0) is 33.7 Å². The Morgan fingerprint density at radius 1 is 1.05 bits per heavy atom. The van der Waals surface area contributed by atoms with Gasteiger partial charge in [0.2, 0.25) is 0 Å². The topological polar surface area (TPSA) is 26.3 Å². The number of ether oxygens (including phenoxy) is 1. The molecule has 0 N–H and O–H groups in total. The molecule has 0 fully saturated rings. The van der Waals surface area contributed by atoms with E-state index in [1.807, 2.05) is 54.6 Å². The van der Waals surface area contributed by atoms with Crippen molar-refractivity contribution < 1.29 is 9.53 Å². The van der Waals surface area contributed by atoms with E-state index in [1.54, 1.807) is 4.08 Å². The Labute approximate surface area is 126 Å². The van der Waals surface area contributed by atoms with E-state index < -0.39 is 0 Å². The summed E-state index contributed by atoms with van der Waals surface area (Å²) in [6.45, 7) is 1.41. The number of hydrogen-bond acceptors (Lipinski definition) is 2. The van der Waals surface area contributed by atoms with Gasteiger partial charge in [-0.25, -0.2) is 0 Å². The maximum atomic E-state index is 11.2. The third-order valence-corrected chi connectivity index (χ3v) is 3.20. The molecule has 2 rings (SSSR count). The minimum absolute atomic E-state index is 0.314. The van der Waals surface area contributed by atoms with Crippen molar-refractivity contribution >= 4 is 34.3 Å². The lowest BCUT2D eigenvalue weighted by atomic mass is 9.99. The van der Waals surface area contributed by atoms with E-state index in [9.17, 15) is 4.79 Å². The van der Waals surface area contributed by atoms with Gasteiger partial charge in [0, 0.05) is 16.6 Å². The van der Waals surface area contributed by atoms with Crippen LogP contribution in [0.25, 0.3) is 16.9 Å². The molecule has 0 aromatic heterocycles. The summed E-state index contributed by atoms with van der Waals surface area (Å²) in [6, 6.07) is 17.9. The van der Waals surface area contributed by atoms with Crippen LogP contribution in [0.3, 0.4) is 0 Å². The van der Waals surface area contributed by atoms with Crippen LogP contribution in [-0.2, 0) is 9.53 Å². The van der Waals surface area contributed by atoms with Crippen LogP contribution in [-0.4, -0.2) is 5.97 Å². The fourth-order valence-electron chi connectivity index (χ4n) is 1.86. The Balaban J connectivity index is 2.50. The highest BCUT2D eigenvalue weighted by Crippen LogP contribution is 2.30. The second-order valence-corrected chi connectivity index (χ2v) is 4.60. The molecule has 19 heavy (non-hydrogen) atoms. The Kier molecular flexibility index (Phi) is 4.74. The summed E-state index contributed by atoms with van der Waals surface area (Å²) in [5.74, 6) is 0.262. The van der Waals surface area contributed by atoms with Crippen molar-refractivity contribution in [2.24, 2.45) is 0 Å². The average Bonchev–Trinajstić information content (AvgIpc) is 2.45. The maximum Gasteiger partial charge on any atom is 0.308 e. The molecule has 0 aliphatic heterocycles. The van der Waals surface area contributed by atoms with E-state index >= 15 is 0 Å². The Bertz CT molecular complexity index is 603. The number of benzene rings is 2. The molecule has 0 unspecified atom stereocenters. The van der Waals surface area contributed by atoms with Crippen molar-refractivity contribution in [1.82, 2.24) is 0 Å². The smallest absolute Gasteiger partial charge is 0.308 e. The van der Waals surface area contributed by atoms with Gasteiger partial charge in [0.1, 0.15) is 5.76 Å². The van der Waals surface area contributed by atoms with Crippen LogP contribution in [0.5, 0.6) is 0 Å². The van der Waals surface area contributed by atoms with Gasteiger partial charge in [-0.3, -0.25) is 4.79 Å². The van der Waals surface area contributed by atoms with Gasteiger partial charge >= 0.3 is 5.97 Å². The first kappa shape index (κ1) is 13.8. The largest absolute Gasteiger partial charge is 0.426 e. The highest BCUT2D eigenvalue weighted by Gasteiger charge is 2.11.